The maximum Gasteiger partial charge on any atom is 0.153 e. The lowest BCUT2D eigenvalue weighted by Crippen LogP contribution is -2.41. The molecule has 2 nitrogen and oxygen atoms in total. The average molecular weight is 218 g/mol. The van der Waals surface area contributed by atoms with Crippen molar-refractivity contribution in [2.24, 2.45) is 22.5 Å². The van der Waals surface area contributed by atoms with Gasteiger partial charge in [0.25, 0.3) is 0 Å². The van der Waals surface area contributed by atoms with Gasteiger partial charge in [0, 0.05) is 5.41 Å². The Morgan fingerprint density at radius 2 is 1.86 bits per heavy atom. The second kappa shape index (κ2) is 3.49. The van der Waals surface area contributed by atoms with Gasteiger partial charge in [-0.05, 0) is 37.0 Å². The third-order valence-electron chi connectivity index (χ3n) is 4.81. The predicted octanol–water partition coefficient (Wildman–Crippen LogP) is 2.15. The van der Waals surface area contributed by atoms with Crippen molar-refractivity contribution >= 4 is 18.2 Å². The van der Waals surface area contributed by atoms with Crippen molar-refractivity contribution < 1.29 is 4.79 Å². The fraction of sp³-hybridized carbons (Fsp3) is 0.909. The summed E-state index contributed by atoms with van der Waals surface area (Å²) in [6.07, 6.45) is 4.64. The van der Waals surface area contributed by atoms with Gasteiger partial charge in [-0.3, -0.25) is 4.79 Å². The largest absolute Gasteiger partial charge is 0.324 e. The number of rotatable bonds is 2. The molecule has 0 aromatic carbocycles. The minimum atomic E-state index is -0.0492. The van der Waals surface area contributed by atoms with Crippen molar-refractivity contribution in [1.82, 2.24) is 0 Å². The second-order valence-corrected chi connectivity index (χ2v) is 5.21. The average Bonchev–Trinajstić information content (AvgIpc) is 2.53. The van der Waals surface area contributed by atoms with Crippen molar-refractivity contribution in [2.45, 2.75) is 39.5 Å². The van der Waals surface area contributed by atoms with E-state index in [1.54, 1.807) is 0 Å². The summed E-state index contributed by atoms with van der Waals surface area (Å²) < 4.78 is 0. The molecule has 2 fully saturated rings. The third kappa shape index (κ3) is 1.17. The Kier molecular flexibility index (Phi) is 2.99. The second-order valence-electron chi connectivity index (χ2n) is 5.21. The van der Waals surface area contributed by atoms with Gasteiger partial charge in [0.05, 0.1) is 6.54 Å². The standard InChI is InChI=1S/C11H19NO.ClH/c1-10(2)8-3-5-11(10,6-4-8)9(13)7-12;/h8H,3-7,12H2,1-2H3;1H. The first kappa shape index (κ1) is 12.0. The Morgan fingerprint density at radius 3 is 2.14 bits per heavy atom. The molecule has 0 radical (unpaired) electrons. The molecule has 0 aromatic heterocycles. The smallest absolute Gasteiger partial charge is 0.153 e. The van der Waals surface area contributed by atoms with Crippen LogP contribution in [0, 0.1) is 16.7 Å². The van der Waals surface area contributed by atoms with Crippen LogP contribution in [0.3, 0.4) is 0 Å². The SMILES string of the molecule is CC1(C)C2CCC1(C(=O)CN)CC2.Cl. The normalized spacial score (nSPS) is 38.1. The molecular formula is C11H20ClNO. The van der Waals surface area contributed by atoms with Crippen LogP contribution in [0.25, 0.3) is 0 Å². The van der Waals surface area contributed by atoms with Crippen molar-refractivity contribution in [2.75, 3.05) is 6.54 Å². The molecule has 2 N–H and O–H groups in total. The molecular weight excluding hydrogens is 198 g/mol. The van der Waals surface area contributed by atoms with Crippen LogP contribution in [0.1, 0.15) is 39.5 Å². The van der Waals surface area contributed by atoms with Crippen molar-refractivity contribution in [1.29, 1.82) is 0 Å². The Balaban J connectivity index is 0.000000980. The van der Waals surface area contributed by atoms with E-state index >= 15 is 0 Å². The predicted molar refractivity (Wildman–Crippen MR) is 59.5 cm³/mol. The topological polar surface area (TPSA) is 43.1 Å². The molecule has 14 heavy (non-hydrogen) atoms. The van der Waals surface area contributed by atoms with Gasteiger partial charge >= 0.3 is 0 Å². The molecule has 2 aliphatic carbocycles. The first-order valence-corrected chi connectivity index (χ1v) is 5.28. The van der Waals surface area contributed by atoms with E-state index in [9.17, 15) is 4.79 Å². The summed E-state index contributed by atoms with van der Waals surface area (Å²) in [5, 5.41) is 0. The molecule has 0 aromatic rings. The third-order valence-corrected chi connectivity index (χ3v) is 4.81. The minimum absolute atomic E-state index is 0. The Hall–Kier alpha value is -0.0800. The fourth-order valence-electron chi connectivity index (χ4n) is 3.70. The van der Waals surface area contributed by atoms with E-state index in [0.29, 0.717) is 5.78 Å². The lowest BCUT2D eigenvalue weighted by atomic mass is 9.67. The number of hydrogen-bond acceptors (Lipinski definition) is 2. The summed E-state index contributed by atoms with van der Waals surface area (Å²) in [6, 6.07) is 0. The van der Waals surface area contributed by atoms with E-state index in [-0.39, 0.29) is 29.8 Å². The number of ketones is 1. The fourth-order valence-corrected chi connectivity index (χ4v) is 3.70. The molecule has 2 rings (SSSR count). The van der Waals surface area contributed by atoms with Crippen molar-refractivity contribution in [3.05, 3.63) is 0 Å². The van der Waals surface area contributed by atoms with E-state index in [0.717, 1.165) is 18.8 Å². The van der Waals surface area contributed by atoms with Crippen LogP contribution in [-0.2, 0) is 4.79 Å². The van der Waals surface area contributed by atoms with Crippen LogP contribution in [-0.4, -0.2) is 12.3 Å². The molecule has 0 atom stereocenters. The number of nitrogens with two attached hydrogens (primary N) is 1. The van der Waals surface area contributed by atoms with Gasteiger partial charge in [-0.25, -0.2) is 0 Å². The van der Waals surface area contributed by atoms with E-state index in [1.165, 1.54) is 12.8 Å². The van der Waals surface area contributed by atoms with E-state index in [4.69, 9.17) is 5.73 Å². The van der Waals surface area contributed by atoms with E-state index in [2.05, 4.69) is 13.8 Å². The maximum absolute atomic E-state index is 11.9. The van der Waals surface area contributed by atoms with Crippen LogP contribution >= 0.6 is 12.4 Å². The number of carbonyl (C=O) groups excluding carboxylic acids is 1. The quantitative estimate of drug-likeness (QED) is 0.771. The van der Waals surface area contributed by atoms with Crippen LogP contribution in [0.2, 0.25) is 0 Å². The first-order valence-electron chi connectivity index (χ1n) is 5.28. The van der Waals surface area contributed by atoms with Crippen LogP contribution in [0.15, 0.2) is 0 Å². The van der Waals surface area contributed by atoms with Gasteiger partial charge in [-0.2, -0.15) is 0 Å². The molecule has 0 aliphatic heterocycles. The molecule has 0 saturated heterocycles. The zero-order valence-corrected chi connectivity index (χ0v) is 9.82. The number of halogens is 1. The number of carbonyl (C=O) groups is 1. The van der Waals surface area contributed by atoms with Crippen molar-refractivity contribution in [3.8, 4) is 0 Å². The molecule has 3 heteroatoms. The summed E-state index contributed by atoms with van der Waals surface area (Å²) in [7, 11) is 0. The highest BCUT2D eigenvalue weighted by Crippen LogP contribution is 2.65. The van der Waals surface area contributed by atoms with Gasteiger partial charge in [0.15, 0.2) is 5.78 Å². The van der Waals surface area contributed by atoms with Crippen LogP contribution in [0.5, 0.6) is 0 Å². The Bertz CT molecular complexity index is 242. The number of fused-ring (bicyclic) bond motifs is 2. The molecule has 0 unspecified atom stereocenters. The van der Waals surface area contributed by atoms with Gasteiger partial charge < -0.3 is 5.73 Å². The molecule has 2 aliphatic rings. The Labute approximate surface area is 92.0 Å². The summed E-state index contributed by atoms with van der Waals surface area (Å²) in [5.41, 5.74) is 5.67. The van der Waals surface area contributed by atoms with Gasteiger partial charge in [0.2, 0.25) is 0 Å². The highest BCUT2D eigenvalue weighted by atomic mass is 35.5. The summed E-state index contributed by atoms with van der Waals surface area (Å²) in [5.74, 6) is 1.07. The van der Waals surface area contributed by atoms with Gasteiger partial charge in [-0.1, -0.05) is 13.8 Å². The van der Waals surface area contributed by atoms with Crippen LogP contribution in [0.4, 0.5) is 0 Å². The molecule has 2 bridgehead atoms. The van der Waals surface area contributed by atoms with Gasteiger partial charge in [-0.15, -0.1) is 12.4 Å². The van der Waals surface area contributed by atoms with E-state index in [1.807, 2.05) is 0 Å². The van der Waals surface area contributed by atoms with E-state index < -0.39 is 0 Å². The zero-order valence-electron chi connectivity index (χ0n) is 9.01. The highest BCUT2D eigenvalue weighted by molar-refractivity contribution is 5.88. The number of Topliss-reactive ketones (excluding diaryl/α,β-unsaturated/α-hetero) is 1. The number of hydrogen-bond donors (Lipinski definition) is 1. The van der Waals surface area contributed by atoms with Gasteiger partial charge in [0.1, 0.15) is 0 Å². The summed E-state index contributed by atoms with van der Waals surface area (Å²) >= 11 is 0. The molecule has 0 spiro atoms. The van der Waals surface area contributed by atoms with Crippen LogP contribution < -0.4 is 5.73 Å². The van der Waals surface area contributed by atoms with Crippen molar-refractivity contribution in [3.63, 3.8) is 0 Å². The Morgan fingerprint density at radius 1 is 1.36 bits per heavy atom. The molecule has 0 heterocycles. The molecule has 82 valence electrons. The lowest BCUT2D eigenvalue weighted by molar-refractivity contribution is -0.131. The monoisotopic (exact) mass is 217 g/mol. The zero-order chi connectivity index (χ0) is 9.69. The maximum atomic E-state index is 11.9. The molecule has 0 amide bonds. The highest BCUT2D eigenvalue weighted by Gasteiger charge is 2.61. The molecule has 2 saturated carbocycles. The summed E-state index contributed by atoms with van der Waals surface area (Å²) in [6.45, 7) is 4.74. The minimum Gasteiger partial charge on any atom is -0.324 e. The summed E-state index contributed by atoms with van der Waals surface area (Å²) in [4.78, 5) is 11.9. The lowest BCUT2D eigenvalue weighted by Gasteiger charge is -2.36. The first-order chi connectivity index (χ1) is 6.04.